The first-order valence-electron chi connectivity index (χ1n) is 10.2. The van der Waals surface area contributed by atoms with Gasteiger partial charge in [-0.15, -0.1) is 23.4 Å². The number of carbonyl (C=O) groups excluding carboxylic acids is 1. The first-order chi connectivity index (χ1) is 13.8. The second kappa shape index (κ2) is 9.99. The topological polar surface area (TPSA) is 111 Å². The van der Waals surface area contributed by atoms with Crippen LogP contribution in [0.4, 0.5) is 0 Å². The van der Waals surface area contributed by atoms with Gasteiger partial charge in [0, 0.05) is 13.2 Å². The number of rotatable bonds is 5. The highest BCUT2D eigenvalue weighted by molar-refractivity contribution is 7.99. The summed E-state index contributed by atoms with van der Waals surface area (Å²) < 4.78 is 11.8. The van der Waals surface area contributed by atoms with Crippen molar-refractivity contribution in [3.05, 3.63) is 0 Å². The zero-order valence-corrected chi connectivity index (χ0v) is 18.7. The smallest absolute Gasteiger partial charge is 0.240 e. The average Bonchev–Trinajstić information content (AvgIpc) is 2.83. The molecule has 8 nitrogen and oxygen atoms in total. The van der Waals surface area contributed by atoms with E-state index < -0.39 is 47.3 Å². The van der Waals surface area contributed by atoms with Crippen LogP contribution in [0.15, 0.2) is 0 Å². The number of nitrogens with one attached hydrogen (secondary N) is 1. The van der Waals surface area contributed by atoms with Crippen molar-refractivity contribution in [1.82, 2.24) is 10.2 Å². The van der Waals surface area contributed by atoms with Crippen LogP contribution in [0.1, 0.15) is 26.2 Å². The summed E-state index contributed by atoms with van der Waals surface area (Å²) in [4.78, 5) is 15.2. The molecule has 1 amide bonds. The molecule has 10 heteroatoms. The van der Waals surface area contributed by atoms with Crippen molar-refractivity contribution in [2.45, 2.75) is 79.6 Å². The molecule has 3 saturated heterocycles. The first kappa shape index (κ1) is 23.5. The van der Waals surface area contributed by atoms with Crippen molar-refractivity contribution in [3.63, 3.8) is 0 Å². The fourth-order valence-electron chi connectivity index (χ4n) is 4.73. The number of likely N-dealkylation sites (N-methyl/N-ethyl adjacent to an activating group) is 1. The number of hydrogen-bond donors (Lipinski definition) is 4. The Morgan fingerprint density at radius 3 is 2.62 bits per heavy atom. The van der Waals surface area contributed by atoms with Gasteiger partial charge < -0.3 is 30.1 Å². The minimum Gasteiger partial charge on any atom is -0.388 e. The van der Waals surface area contributed by atoms with Crippen LogP contribution in [0.2, 0.25) is 0 Å². The van der Waals surface area contributed by atoms with Crippen molar-refractivity contribution < 1.29 is 29.6 Å². The summed E-state index contributed by atoms with van der Waals surface area (Å²) in [5.74, 6) is 0.0935. The highest BCUT2D eigenvalue weighted by Gasteiger charge is 2.50. The molecule has 168 valence electrons. The van der Waals surface area contributed by atoms with Gasteiger partial charge in [-0.3, -0.25) is 9.69 Å². The number of alkyl halides is 1. The van der Waals surface area contributed by atoms with Gasteiger partial charge in [0.05, 0.1) is 17.5 Å². The van der Waals surface area contributed by atoms with Gasteiger partial charge in [0.2, 0.25) is 5.91 Å². The largest absolute Gasteiger partial charge is 0.388 e. The molecule has 0 aromatic rings. The van der Waals surface area contributed by atoms with Crippen molar-refractivity contribution in [3.8, 4) is 0 Å². The summed E-state index contributed by atoms with van der Waals surface area (Å²) in [7, 11) is 1.91. The SMILES string of the molecule is CSC1O[C@H]([C@H](NC(=O)[C@@H]2[C@@H]3OCCCC[C@H]3CN2C)[C@H](C)Cl)C(O)[C@@H](O)[C@H]1O. The van der Waals surface area contributed by atoms with Gasteiger partial charge in [0.25, 0.3) is 0 Å². The first-order valence-corrected chi connectivity index (χ1v) is 12.0. The number of amides is 1. The highest BCUT2D eigenvalue weighted by atomic mass is 35.5. The number of thioether (sulfide) groups is 1. The molecular formula is C19H33ClN2O6S. The molecule has 29 heavy (non-hydrogen) atoms. The maximum atomic E-state index is 13.2. The number of fused-ring (bicyclic) bond motifs is 1. The van der Waals surface area contributed by atoms with Crippen LogP contribution in [0.5, 0.6) is 0 Å². The third-order valence-corrected chi connectivity index (χ3v) is 7.44. The molecule has 0 aliphatic carbocycles. The predicted molar refractivity (Wildman–Crippen MR) is 111 cm³/mol. The van der Waals surface area contributed by atoms with Crippen LogP contribution in [0.3, 0.4) is 0 Å². The third kappa shape index (κ3) is 4.87. The van der Waals surface area contributed by atoms with E-state index in [1.807, 2.05) is 11.9 Å². The van der Waals surface area contributed by atoms with E-state index in [2.05, 4.69) is 5.32 Å². The van der Waals surface area contributed by atoms with Crippen LogP contribution in [-0.4, -0.2) is 106 Å². The van der Waals surface area contributed by atoms with Crippen molar-refractivity contribution >= 4 is 29.3 Å². The summed E-state index contributed by atoms with van der Waals surface area (Å²) in [6.07, 6.45) is -0.208. The molecule has 3 aliphatic rings. The molecule has 3 rings (SSSR count). The van der Waals surface area contributed by atoms with E-state index >= 15 is 0 Å². The fraction of sp³-hybridized carbons (Fsp3) is 0.947. The van der Waals surface area contributed by atoms with Gasteiger partial charge >= 0.3 is 0 Å². The normalized spacial score (nSPS) is 43.3. The zero-order chi connectivity index (χ0) is 21.3. The number of aliphatic hydroxyl groups excluding tert-OH is 3. The molecule has 4 N–H and O–H groups in total. The Morgan fingerprint density at radius 1 is 1.24 bits per heavy atom. The maximum Gasteiger partial charge on any atom is 0.240 e. The Labute approximate surface area is 181 Å². The lowest BCUT2D eigenvalue weighted by Gasteiger charge is -2.44. The summed E-state index contributed by atoms with van der Waals surface area (Å²) in [6, 6.07) is -1.18. The fourth-order valence-corrected chi connectivity index (χ4v) is 5.62. The summed E-state index contributed by atoms with van der Waals surface area (Å²) in [5, 5.41) is 33.2. The van der Waals surface area contributed by atoms with E-state index in [-0.39, 0.29) is 12.0 Å². The number of aliphatic hydroxyl groups is 3. The Bertz CT molecular complexity index is 571. The van der Waals surface area contributed by atoms with E-state index in [0.717, 1.165) is 25.8 Å². The standard InChI is InChI=1S/C19H33ClN2O6S/c1-9(20)11(17-14(24)13(23)15(25)19(28-17)29-3)21-18(26)12-16-10(8-22(12)2)6-4-5-7-27-16/h9-17,19,23-25H,4-8H2,1-3H3,(H,21,26)/t9-,10-,11+,12-,13+,14?,15+,16+,17+,19?/m0/s1. The minimum absolute atomic E-state index is 0.169. The third-order valence-electron chi connectivity index (χ3n) is 6.32. The van der Waals surface area contributed by atoms with Gasteiger partial charge in [-0.25, -0.2) is 0 Å². The minimum atomic E-state index is -1.38. The Hall–Kier alpha value is -0.130. The van der Waals surface area contributed by atoms with E-state index in [0.29, 0.717) is 12.5 Å². The Balaban J connectivity index is 1.75. The molecular weight excluding hydrogens is 420 g/mol. The average molecular weight is 453 g/mol. The predicted octanol–water partition coefficient (Wildman–Crippen LogP) is -0.232. The van der Waals surface area contributed by atoms with E-state index in [9.17, 15) is 20.1 Å². The summed E-state index contributed by atoms with van der Waals surface area (Å²) in [6.45, 7) is 3.15. The van der Waals surface area contributed by atoms with E-state index in [1.165, 1.54) is 11.8 Å². The zero-order valence-electron chi connectivity index (χ0n) is 17.1. The molecule has 0 radical (unpaired) electrons. The number of halogens is 1. The van der Waals surface area contributed by atoms with Crippen molar-refractivity contribution in [2.24, 2.45) is 5.92 Å². The lowest BCUT2D eigenvalue weighted by molar-refractivity contribution is -0.205. The van der Waals surface area contributed by atoms with Crippen LogP contribution < -0.4 is 5.32 Å². The van der Waals surface area contributed by atoms with E-state index in [1.54, 1.807) is 13.2 Å². The molecule has 10 atom stereocenters. The quantitative estimate of drug-likeness (QED) is 0.423. The molecule has 0 aromatic heterocycles. The van der Waals surface area contributed by atoms with Crippen molar-refractivity contribution in [1.29, 1.82) is 0 Å². The number of nitrogens with zero attached hydrogens (tertiary/aromatic N) is 1. The van der Waals surface area contributed by atoms with Crippen molar-refractivity contribution in [2.75, 3.05) is 26.5 Å². The molecule has 3 fully saturated rings. The number of ether oxygens (including phenoxy) is 2. The Morgan fingerprint density at radius 2 is 1.97 bits per heavy atom. The summed E-state index contributed by atoms with van der Waals surface area (Å²) in [5.41, 5.74) is -0.725. The lowest BCUT2D eigenvalue weighted by Crippen LogP contribution is -2.65. The van der Waals surface area contributed by atoms with Crippen LogP contribution in [-0.2, 0) is 14.3 Å². The molecule has 0 saturated carbocycles. The monoisotopic (exact) mass is 452 g/mol. The van der Waals surface area contributed by atoms with Crippen LogP contribution in [0.25, 0.3) is 0 Å². The van der Waals surface area contributed by atoms with Crippen LogP contribution in [0, 0.1) is 5.92 Å². The van der Waals surface area contributed by atoms with E-state index in [4.69, 9.17) is 21.1 Å². The lowest BCUT2D eigenvalue weighted by atomic mass is 9.92. The molecule has 0 bridgehead atoms. The van der Waals surface area contributed by atoms with Gasteiger partial charge in [0.15, 0.2) is 0 Å². The summed E-state index contributed by atoms with van der Waals surface area (Å²) >= 11 is 7.59. The van der Waals surface area contributed by atoms with Gasteiger partial charge in [0.1, 0.15) is 35.9 Å². The molecule has 3 heterocycles. The van der Waals surface area contributed by atoms with Crippen LogP contribution >= 0.6 is 23.4 Å². The molecule has 0 aromatic carbocycles. The molecule has 0 spiro atoms. The maximum absolute atomic E-state index is 13.2. The highest BCUT2D eigenvalue weighted by Crippen LogP contribution is 2.33. The molecule has 3 aliphatic heterocycles. The second-order valence-corrected chi connectivity index (χ2v) is 9.99. The second-order valence-electron chi connectivity index (χ2n) is 8.36. The number of hydrogen-bond acceptors (Lipinski definition) is 8. The van der Waals surface area contributed by atoms with Gasteiger partial charge in [-0.05, 0) is 39.0 Å². The van der Waals surface area contributed by atoms with Gasteiger partial charge in [-0.1, -0.05) is 6.42 Å². The molecule has 2 unspecified atom stereocenters. The number of carbonyl (C=O) groups is 1. The Kier molecular flexibility index (Phi) is 8.11. The van der Waals surface area contributed by atoms with Gasteiger partial charge in [-0.2, -0.15) is 0 Å². The number of likely N-dealkylation sites (tertiary alicyclic amines) is 1.